The predicted molar refractivity (Wildman–Crippen MR) is 107 cm³/mol. The smallest absolute Gasteiger partial charge is 0.273 e. The maximum absolute atomic E-state index is 12.5. The number of aryl methyl sites for hydroxylation is 2. The Kier molecular flexibility index (Phi) is 5.26. The van der Waals surface area contributed by atoms with Crippen molar-refractivity contribution < 1.29 is 4.79 Å². The highest BCUT2D eigenvalue weighted by molar-refractivity contribution is 5.92. The average molecular weight is 365 g/mol. The minimum absolute atomic E-state index is 0.0834. The van der Waals surface area contributed by atoms with Crippen molar-refractivity contribution in [2.45, 2.75) is 39.7 Å². The number of nitrogens with zero attached hydrogens (tertiary/aromatic N) is 1. The minimum Gasteiger partial charge on any atom is -0.326 e. The van der Waals surface area contributed by atoms with Crippen molar-refractivity contribution in [3.8, 4) is 0 Å². The first-order valence-corrected chi connectivity index (χ1v) is 8.99. The van der Waals surface area contributed by atoms with Gasteiger partial charge >= 0.3 is 0 Å². The molecule has 0 radical (unpaired) electrons. The molecule has 1 heterocycles. The highest BCUT2D eigenvalue weighted by Gasteiger charge is 2.13. The third-order valence-electron chi connectivity index (χ3n) is 4.64. The molecule has 0 aliphatic heterocycles. The second-order valence-corrected chi connectivity index (χ2v) is 6.94. The van der Waals surface area contributed by atoms with Crippen LogP contribution in [0.4, 0.5) is 5.69 Å². The molecule has 2 aromatic carbocycles. The lowest BCUT2D eigenvalue weighted by Gasteiger charge is -2.16. The standard InChI is InChI=1S/C21H23N3O3/c1-13(2)15-10-6-7-14(3)19(15)22-18(25)11-12-24-21(27)17-9-5-4-8-16(17)20(26)23-24/h4-10,13H,11-12H2,1-3H3,(H,22,25)(H,23,26). The van der Waals surface area contributed by atoms with E-state index in [4.69, 9.17) is 0 Å². The molecule has 140 valence electrons. The van der Waals surface area contributed by atoms with Gasteiger partial charge in [0.1, 0.15) is 0 Å². The zero-order chi connectivity index (χ0) is 19.6. The summed E-state index contributed by atoms with van der Waals surface area (Å²) < 4.78 is 1.20. The number of benzene rings is 2. The molecule has 0 saturated heterocycles. The van der Waals surface area contributed by atoms with Crippen molar-refractivity contribution in [2.24, 2.45) is 0 Å². The highest BCUT2D eigenvalue weighted by atomic mass is 16.2. The molecule has 2 N–H and O–H groups in total. The molecule has 0 spiro atoms. The summed E-state index contributed by atoms with van der Waals surface area (Å²) in [6.07, 6.45) is 0.0834. The fourth-order valence-electron chi connectivity index (χ4n) is 3.16. The molecule has 0 unspecified atom stereocenters. The summed E-state index contributed by atoms with van der Waals surface area (Å²) >= 11 is 0. The summed E-state index contributed by atoms with van der Waals surface area (Å²) in [6.45, 7) is 6.20. The SMILES string of the molecule is Cc1cccc(C(C)C)c1NC(=O)CCn1[nH]c(=O)c2ccccc2c1=O. The molecule has 3 rings (SSSR count). The Labute approximate surface area is 156 Å². The average Bonchev–Trinajstić information content (AvgIpc) is 2.65. The highest BCUT2D eigenvalue weighted by Crippen LogP contribution is 2.27. The Morgan fingerprint density at radius 2 is 1.78 bits per heavy atom. The number of para-hydroxylation sites is 1. The largest absolute Gasteiger partial charge is 0.326 e. The number of aromatic amines is 1. The number of aromatic nitrogens is 2. The maximum atomic E-state index is 12.5. The van der Waals surface area contributed by atoms with Crippen LogP contribution in [0, 0.1) is 6.92 Å². The number of fused-ring (bicyclic) bond motifs is 1. The third-order valence-corrected chi connectivity index (χ3v) is 4.64. The van der Waals surface area contributed by atoms with Crippen LogP contribution in [0.15, 0.2) is 52.1 Å². The van der Waals surface area contributed by atoms with Gasteiger partial charge in [0, 0.05) is 12.1 Å². The monoisotopic (exact) mass is 365 g/mol. The molecule has 0 bridgehead atoms. The number of H-pyrrole nitrogens is 1. The van der Waals surface area contributed by atoms with E-state index in [0.29, 0.717) is 10.8 Å². The summed E-state index contributed by atoms with van der Waals surface area (Å²) in [7, 11) is 0. The summed E-state index contributed by atoms with van der Waals surface area (Å²) in [6, 6.07) is 12.6. The third kappa shape index (κ3) is 3.84. The molecule has 0 aliphatic rings. The molecule has 6 heteroatoms. The Balaban J connectivity index is 1.80. The Bertz CT molecular complexity index is 1110. The fraction of sp³-hybridized carbons (Fsp3) is 0.286. The number of amides is 1. The van der Waals surface area contributed by atoms with E-state index < -0.39 is 0 Å². The van der Waals surface area contributed by atoms with Gasteiger partial charge in [-0.1, -0.05) is 44.2 Å². The summed E-state index contributed by atoms with van der Waals surface area (Å²) in [5, 5.41) is 6.20. The van der Waals surface area contributed by atoms with Gasteiger partial charge in [0.2, 0.25) is 5.91 Å². The summed E-state index contributed by atoms with van der Waals surface area (Å²) in [5.41, 5.74) is 2.23. The molecular formula is C21H23N3O3. The number of anilines is 1. The van der Waals surface area contributed by atoms with Crippen LogP contribution in [0.25, 0.3) is 10.8 Å². The van der Waals surface area contributed by atoms with E-state index in [9.17, 15) is 14.4 Å². The molecule has 0 saturated carbocycles. The van der Waals surface area contributed by atoms with Crippen molar-refractivity contribution in [1.29, 1.82) is 0 Å². The second kappa shape index (κ2) is 7.61. The van der Waals surface area contributed by atoms with Gasteiger partial charge in [-0.25, -0.2) is 4.68 Å². The van der Waals surface area contributed by atoms with E-state index >= 15 is 0 Å². The van der Waals surface area contributed by atoms with Crippen LogP contribution in [-0.4, -0.2) is 15.7 Å². The number of hydrogen-bond acceptors (Lipinski definition) is 3. The molecule has 0 atom stereocenters. The van der Waals surface area contributed by atoms with Crippen molar-refractivity contribution >= 4 is 22.4 Å². The normalized spacial score (nSPS) is 11.1. The number of hydrogen-bond donors (Lipinski definition) is 2. The second-order valence-electron chi connectivity index (χ2n) is 6.94. The number of nitrogens with one attached hydrogen (secondary N) is 2. The fourth-order valence-corrected chi connectivity index (χ4v) is 3.16. The van der Waals surface area contributed by atoms with Crippen LogP contribution in [0.5, 0.6) is 0 Å². The van der Waals surface area contributed by atoms with Gasteiger partial charge in [-0.2, -0.15) is 0 Å². The van der Waals surface area contributed by atoms with Gasteiger partial charge in [0.25, 0.3) is 11.1 Å². The van der Waals surface area contributed by atoms with Crippen LogP contribution in [0.3, 0.4) is 0 Å². The molecular weight excluding hydrogens is 342 g/mol. The Morgan fingerprint density at radius 3 is 2.48 bits per heavy atom. The first-order valence-electron chi connectivity index (χ1n) is 8.99. The van der Waals surface area contributed by atoms with Crippen molar-refractivity contribution in [3.05, 3.63) is 74.3 Å². The van der Waals surface area contributed by atoms with E-state index in [1.165, 1.54) is 4.68 Å². The lowest BCUT2D eigenvalue weighted by atomic mass is 9.98. The van der Waals surface area contributed by atoms with Crippen LogP contribution >= 0.6 is 0 Å². The van der Waals surface area contributed by atoms with Gasteiger partial charge in [0.05, 0.1) is 17.3 Å². The van der Waals surface area contributed by atoms with Crippen LogP contribution in [0.1, 0.15) is 37.3 Å². The predicted octanol–water partition coefficient (Wildman–Crippen LogP) is 3.15. The Hall–Kier alpha value is -3.15. The molecule has 3 aromatic rings. The molecule has 6 nitrogen and oxygen atoms in total. The van der Waals surface area contributed by atoms with E-state index in [2.05, 4.69) is 24.3 Å². The first-order chi connectivity index (χ1) is 12.9. The quantitative estimate of drug-likeness (QED) is 0.728. The van der Waals surface area contributed by atoms with Crippen LogP contribution in [0.2, 0.25) is 0 Å². The van der Waals surface area contributed by atoms with Gasteiger partial charge in [0.15, 0.2) is 0 Å². The first kappa shape index (κ1) is 18.6. The van der Waals surface area contributed by atoms with E-state index in [0.717, 1.165) is 16.8 Å². The summed E-state index contributed by atoms with van der Waals surface area (Å²) in [5.74, 6) is 0.0757. The maximum Gasteiger partial charge on any atom is 0.273 e. The van der Waals surface area contributed by atoms with E-state index in [1.807, 2.05) is 25.1 Å². The van der Waals surface area contributed by atoms with Gasteiger partial charge in [-0.3, -0.25) is 19.5 Å². The van der Waals surface area contributed by atoms with Gasteiger partial charge in [-0.05, 0) is 36.1 Å². The molecule has 1 amide bonds. The molecule has 27 heavy (non-hydrogen) atoms. The zero-order valence-corrected chi connectivity index (χ0v) is 15.7. The number of carbonyl (C=O) groups is 1. The molecule has 0 fully saturated rings. The van der Waals surface area contributed by atoms with Gasteiger partial charge in [-0.15, -0.1) is 0 Å². The van der Waals surface area contributed by atoms with Crippen molar-refractivity contribution in [2.75, 3.05) is 5.32 Å². The topological polar surface area (TPSA) is 84.0 Å². The summed E-state index contributed by atoms with van der Waals surface area (Å²) in [4.78, 5) is 37.1. The van der Waals surface area contributed by atoms with E-state index in [-0.39, 0.29) is 35.9 Å². The van der Waals surface area contributed by atoms with Crippen LogP contribution < -0.4 is 16.4 Å². The minimum atomic E-state index is -0.341. The van der Waals surface area contributed by atoms with Gasteiger partial charge < -0.3 is 5.32 Å². The number of rotatable bonds is 5. The lowest BCUT2D eigenvalue weighted by Crippen LogP contribution is -2.31. The Morgan fingerprint density at radius 1 is 1.07 bits per heavy atom. The van der Waals surface area contributed by atoms with Crippen molar-refractivity contribution in [3.63, 3.8) is 0 Å². The van der Waals surface area contributed by atoms with Crippen LogP contribution in [-0.2, 0) is 11.3 Å². The van der Waals surface area contributed by atoms with Crippen molar-refractivity contribution in [1.82, 2.24) is 9.78 Å². The van der Waals surface area contributed by atoms with E-state index in [1.54, 1.807) is 24.3 Å². The zero-order valence-electron chi connectivity index (χ0n) is 15.7. The molecule has 0 aliphatic carbocycles. The number of carbonyl (C=O) groups excluding carboxylic acids is 1. The lowest BCUT2D eigenvalue weighted by molar-refractivity contribution is -0.116. The molecule has 1 aromatic heterocycles.